The van der Waals surface area contributed by atoms with E-state index in [0.29, 0.717) is 33.9 Å². The van der Waals surface area contributed by atoms with E-state index in [1.165, 1.54) is 0 Å². The van der Waals surface area contributed by atoms with E-state index in [1.807, 2.05) is 66.7 Å². The summed E-state index contributed by atoms with van der Waals surface area (Å²) in [7, 11) is 0. The zero-order valence-electron chi connectivity index (χ0n) is 20.8. The first-order valence-electron chi connectivity index (χ1n) is 12.4. The van der Waals surface area contributed by atoms with Crippen LogP contribution in [0.2, 0.25) is 0 Å². The van der Waals surface area contributed by atoms with Gasteiger partial charge >= 0.3 is 0 Å². The van der Waals surface area contributed by atoms with Gasteiger partial charge in [0.1, 0.15) is 5.71 Å². The van der Waals surface area contributed by atoms with Crippen LogP contribution < -0.4 is 16.8 Å². The second-order valence-electron chi connectivity index (χ2n) is 9.46. The molecule has 1 heterocycles. The van der Waals surface area contributed by atoms with E-state index in [-0.39, 0.29) is 6.04 Å². The van der Waals surface area contributed by atoms with Gasteiger partial charge in [-0.05, 0) is 59.4 Å². The molecule has 0 bridgehead atoms. The van der Waals surface area contributed by atoms with Gasteiger partial charge in [0.25, 0.3) is 0 Å². The van der Waals surface area contributed by atoms with Crippen LogP contribution in [0.25, 0.3) is 22.3 Å². The van der Waals surface area contributed by atoms with Gasteiger partial charge in [-0.15, -0.1) is 0 Å². The topological polar surface area (TPSA) is 124 Å². The molecule has 1 aliphatic heterocycles. The minimum absolute atomic E-state index is 0.123. The number of anilines is 3. The van der Waals surface area contributed by atoms with Gasteiger partial charge in [0.05, 0.1) is 23.4 Å². The number of benzene rings is 4. The molecule has 4 aromatic rings. The lowest BCUT2D eigenvalue weighted by atomic mass is 9.76. The van der Waals surface area contributed by atoms with E-state index >= 15 is 0 Å². The quantitative estimate of drug-likeness (QED) is 0.116. The molecular weight excluding hydrogens is 500 g/mol. The Balaban J connectivity index is 1.49. The molecule has 0 fully saturated rings. The van der Waals surface area contributed by atoms with E-state index in [4.69, 9.17) is 16.9 Å². The molecule has 1 unspecified atom stereocenters. The Bertz CT molecular complexity index is 1750. The zero-order chi connectivity index (χ0) is 27.1. The van der Waals surface area contributed by atoms with Crippen molar-refractivity contribution >= 4 is 52.4 Å². The Morgan fingerprint density at radius 3 is 2.18 bits per heavy atom. The molecule has 0 saturated carbocycles. The number of hydrogen-bond acceptors (Lipinski definition) is 7. The summed E-state index contributed by atoms with van der Waals surface area (Å²) < 4.78 is 4.32. The number of hydrogen-bond donors (Lipinski definition) is 5. The van der Waals surface area contributed by atoms with Gasteiger partial charge in [-0.3, -0.25) is 5.41 Å². The second kappa shape index (κ2) is 9.67. The number of nitrogens with zero attached hydrogens (tertiary/aromatic N) is 2. The molecule has 4 aromatic carbocycles. The van der Waals surface area contributed by atoms with Gasteiger partial charge in [0.15, 0.2) is 0 Å². The van der Waals surface area contributed by atoms with Crippen molar-refractivity contribution < 1.29 is 0 Å². The van der Waals surface area contributed by atoms with Gasteiger partial charge in [0.2, 0.25) is 0 Å². The Hall–Kier alpha value is -5.06. The van der Waals surface area contributed by atoms with Gasteiger partial charge in [-0.1, -0.05) is 72.8 Å². The zero-order valence-corrected chi connectivity index (χ0v) is 21.7. The summed E-state index contributed by atoms with van der Waals surface area (Å²) in [6, 6.07) is 31.3. The lowest BCUT2D eigenvalue weighted by molar-refractivity contribution is 0.931. The van der Waals surface area contributed by atoms with E-state index in [9.17, 15) is 5.26 Å². The minimum Gasteiger partial charge on any atom is -0.398 e. The Morgan fingerprint density at radius 2 is 1.51 bits per heavy atom. The van der Waals surface area contributed by atoms with E-state index in [0.717, 1.165) is 44.7 Å². The molecule has 6 nitrogen and oxygen atoms in total. The van der Waals surface area contributed by atoms with Crippen LogP contribution in [0.3, 0.4) is 0 Å². The molecule has 1 atom stereocenters. The highest BCUT2D eigenvalue weighted by atomic mass is 32.1. The molecule has 1 aliphatic carbocycles. The smallest absolute Gasteiger partial charge is 0.105 e. The number of nitriles is 1. The highest BCUT2D eigenvalue weighted by molar-refractivity contribution is 7.79. The van der Waals surface area contributed by atoms with E-state index in [2.05, 4.69) is 46.8 Å². The number of nitrogens with two attached hydrogens (primary N) is 2. The minimum atomic E-state index is -0.123. The average Bonchev–Trinajstić information content (AvgIpc) is 2.97. The lowest BCUT2D eigenvalue weighted by Gasteiger charge is -2.35. The third kappa shape index (κ3) is 4.08. The number of rotatable bonds is 3. The van der Waals surface area contributed by atoms with Gasteiger partial charge in [-0.25, -0.2) is 4.40 Å². The average molecular weight is 525 g/mol. The van der Waals surface area contributed by atoms with Crippen molar-refractivity contribution in [3.05, 3.63) is 125 Å². The SMILES string of the molecule is N#Cc1cc(N)c(-c2ccc(C3=CC4=C(/C(=N/S)C3=N)c3ccccc3NC4c3ccccc3)cc2)c(N)c1. The number of allylic oxidation sites excluding steroid dienone is 2. The van der Waals surface area contributed by atoms with Crippen LogP contribution >= 0.6 is 12.8 Å². The predicted molar refractivity (Wildman–Crippen MR) is 164 cm³/mol. The molecule has 188 valence electrons. The Labute approximate surface area is 232 Å². The lowest BCUT2D eigenvalue weighted by Crippen LogP contribution is -2.29. The van der Waals surface area contributed by atoms with Gasteiger partial charge in [-0.2, -0.15) is 5.26 Å². The summed E-state index contributed by atoms with van der Waals surface area (Å²) in [5.74, 6) is 0. The molecular formula is C32H24N6S. The first-order valence-corrected chi connectivity index (χ1v) is 12.8. The van der Waals surface area contributed by atoms with Crippen molar-refractivity contribution in [2.24, 2.45) is 4.40 Å². The fourth-order valence-electron chi connectivity index (χ4n) is 5.40. The molecule has 0 amide bonds. The molecule has 0 aromatic heterocycles. The third-order valence-electron chi connectivity index (χ3n) is 7.18. The maximum atomic E-state index is 9.21. The third-order valence-corrected chi connectivity index (χ3v) is 7.38. The summed E-state index contributed by atoms with van der Waals surface area (Å²) in [5.41, 5.74) is 22.8. The summed E-state index contributed by atoms with van der Waals surface area (Å²) in [6.07, 6.45) is 2.08. The van der Waals surface area contributed by atoms with Crippen LogP contribution in [0.4, 0.5) is 17.1 Å². The predicted octanol–water partition coefficient (Wildman–Crippen LogP) is 6.71. The molecule has 0 spiro atoms. The maximum absolute atomic E-state index is 9.21. The Kier molecular flexibility index (Phi) is 6.02. The van der Waals surface area contributed by atoms with Crippen molar-refractivity contribution in [3.8, 4) is 17.2 Å². The van der Waals surface area contributed by atoms with E-state index < -0.39 is 0 Å². The highest BCUT2D eigenvalue weighted by Crippen LogP contribution is 2.46. The van der Waals surface area contributed by atoms with Crippen molar-refractivity contribution in [2.45, 2.75) is 6.04 Å². The first-order chi connectivity index (χ1) is 19.0. The molecule has 6 N–H and O–H groups in total. The molecule has 6 rings (SSSR count). The fraction of sp³-hybridized carbons (Fsp3) is 0.0312. The largest absolute Gasteiger partial charge is 0.398 e. The number of fused-ring (bicyclic) bond motifs is 2. The molecule has 39 heavy (non-hydrogen) atoms. The van der Waals surface area contributed by atoms with Gasteiger partial charge in [0, 0.05) is 39.3 Å². The molecule has 0 radical (unpaired) electrons. The van der Waals surface area contributed by atoms with Crippen molar-refractivity contribution in [1.82, 2.24) is 0 Å². The Morgan fingerprint density at radius 1 is 0.872 bits per heavy atom. The van der Waals surface area contributed by atoms with E-state index in [1.54, 1.807) is 12.1 Å². The highest BCUT2D eigenvalue weighted by Gasteiger charge is 2.35. The van der Waals surface area contributed by atoms with Crippen molar-refractivity contribution in [1.29, 1.82) is 10.7 Å². The summed E-state index contributed by atoms with van der Waals surface area (Å²) in [6.45, 7) is 0. The molecule has 7 heteroatoms. The molecule has 0 saturated heterocycles. The van der Waals surface area contributed by atoms with Crippen molar-refractivity contribution in [2.75, 3.05) is 16.8 Å². The van der Waals surface area contributed by atoms with Crippen LogP contribution in [0.5, 0.6) is 0 Å². The van der Waals surface area contributed by atoms with Crippen molar-refractivity contribution in [3.63, 3.8) is 0 Å². The number of para-hydroxylation sites is 1. The van der Waals surface area contributed by atoms with Crippen LogP contribution in [0, 0.1) is 16.7 Å². The van der Waals surface area contributed by atoms with Crippen LogP contribution in [0.15, 0.2) is 107 Å². The summed E-state index contributed by atoms with van der Waals surface area (Å²) >= 11 is 4.32. The summed E-state index contributed by atoms with van der Waals surface area (Å²) in [5, 5.41) is 22.0. The van der Waals surface area contributed by atoms with Crippen LogP contribution in [-0.4, -0.2) is 11.4 Å². The fourth-order valence-corrected chi connectivity index (χ4v) is 5.60. The number of thiol groups is 1. The monoisotopic (exact) mass is 524 g/mol. The first kappa shape index (κ1) is 24.3. The normalized spacial score (nSPS) is 17.1. The van der Waals surface area contributed by atoms with Crippen LogP contribution in [0.1, 0.15) is 28.3 Å². The number of nitrogens with one attached hydrogen (secondary N) is 2. The second-order valence-corrected chi connectivity index (χ2v) is 9.66. The molecule has 2 aliphatic rings. The van der Waals surface area contributed by atoms with Gasteiger partial charge < -0.3 is 16.8 Å². The number of nitrogen functional groups attached to an aromatic ring is 2. The standard InChI is InChI=1S/C32H24N6S/c33-17-18-14-25(34)28(26(35)15-18)20-12-10-19(11-13-20)23-16-24-29(32(38-39)30(23)36)22-8-4-5-9-27(22)37-31(24)21-6-2-1-3-7-21/h1-16,31,36-37,39H,34-35H2/b36-30?,38-32-. The summed E-state index contributed by atoms with van der Waals surface area (Å²) in [4.78, 5) is 0. The van der Waals surface area contributed by atoms with Crippen LogP contribution in [-0.2, 0) is 0 Å². The maximum Gasteiger partial charge on any atom is 0.105 e.